The average molecular weight is 238 g/mol. The average Bonchev–Trinajstić information content (AvgIpc) is 2.86. The zero-order valence-corrected chi connectivity index (χ0v) is 8.92. The normalized spacial score (nSPS) is 11.0. The minimum absolute atomic E-state index is 0.381. The maximum Gasteiger partial charge on any atom is 0.159 e. The van der Waals surface area contributed by atoms with Crippen molar-refractivity contribution in [2.75, 3.05) is 0 Å². The van der Waals surface area contributed by atoms with E-state index < -0.39 is 0 Å². The highest BCUT2D eigenvalue weighted by molar-refractivity contribution is 7.21. The van der Waals surface area contributed by atoms with Gasteiger partial charge in [-0.1, -0.05) is 22.9 Å². The molecule has 6 heteroatoms. The largest absolute Gasteiger partial charge is 0.472 e. The van der Waals surface area contributed by atoms with Gasteiger partial charge in [0.15, 0.2) is 5.15 Å². The Labute approximate surface area is 93.6 Å². The summed E-state index contributed by atoms with van der Waals surface area (Å²) in [5, 5.41) is 1.21. The lowest BCUT2D eigenvalue weighted by Gasteiger charge is -1.86. The zero-order chi connectivity index (χ0) is 10.3. The quantitative estimate of drug-likeness (QED) is 0.611. The van der Waals surface area contributed by atoms with Crippen LogP contribution in [-0.4, -0.2) is 15.0 Å². The molecule has 4 nitrogen and oxygen atoms in total. The maximum atomic E-state index is 5.90. The highest BCUT2D eigenvalue weighted by Crippen LogP contribution is 2.31. The number of thiazole rings is 1. The standard InChI is InChI=1S/C9H4ClN3OS/c10-7-6-9(12-4-11-7)15-8(13-6)5-1-2-14-3-5/h1-4H. The molecule has 3 aromatic heterocycles. The molecule has 74 valence electrons. The van der Waals surface area contributed by atoms with Crippen LogP contribution in [0.4, 0.5) is 0 Å². The van der Waals surface area contributed by atoms with E-state index in [1.807, 2.05) is 6.07 Å². The third kappa shape index (κ3) is 1.40. The first-order valence-corrected chi connectivity index (χ1v) is 5.33. The van der Waals surface area contributed by atoms with Gasteiger partial charge in [0.25, 0.3) is 0 Å². The Bertz CT molecular complexity index is 605. The summed E-state index contributed by atoms with van der Waals surface area (Å²) in [5.41, 5.74) is 1.56. The van der Waals surface area contributed by atoms with Crippen LogP contribution in [0.3, 0.4) is 0 Å². The van der Waals surface area contributed by atoms with E-state index in [4.69, 9.17) is 16.0 Å². The van der Waals surface area contributed by atoms with Crippen LogP contribution >= 0.6 is 22.9 Å². The number of halogens is 1. The Morgan fingerprint density at radius 2 is 2.27 bits per heavy atom. The number of furan rings is 1. The van der Waals surface area contributed by atoms with Gasteiger partial charge >= 0.3 is 0 Å². The van der Waals surface area contributed by atoms with Gasteiger partial charge in [0.05, 0.1) is 6.26 Å². The van der Waals surface area contributed by atoms with Gasteiger partial charge in [-0.25, -0.2) is 15.0 Å². The predicted octanol–water partition coefficient (Wildman–Crippen LogP) is 3.00. The van der Waals surface area contributed by atoms with Crippen molar-refractivity contribution >= 4 is 33.3 Å². The Morgan fingerprint density at radius 1 is 1.33 bits per heavy atom. The first-order valence-electron chi connectivity index (χ1n) is 4.14. The smallest absolute Gasteiger partial charge is 0.159 e. The van der Waals surface area contributed by atoms with Crippen LogP contribution in [0.25, 0.3) is 20.9 Å². The van der Waals surface area contributed by atoms with Crippen molar-refractivity contribution in [2.45, 2.75) is 0 Å². The summed E-state index contributed by atoms with van der Waals surface area (Å²) in [6.45, 7) is 0. The first-order chi connectivity index (χ1) is 7.34. The summed E-state index contributed by atoms with van der Waals surface area (Å²) < 4.78 is 4.99. The van der Waals surface area contributed by atoms with Crippen molar-refractivity contribution in [1.29, 1.82) is 0 Å². The van der Waals surface area contributed by atoms with Crippen molar-refractivity contribution in [2.24, 2.45) is 0 Å². The van der Waals surface area contributed by atoms with Crippen molar-refractivity contribution in [1.82, 2.24) is 15.0 Å². The summed E-state index contributed by atoms with van der Waals surface area (Å²) in [6.07, 6.45) is 4.68. The molecule has 0 amide bonds. The van der Waals surface area contributed by atoms with E-state index in [1.165, 1.54) is 17.7 Å². The molecule has 0 aromatic carbocycles. The lowest BCUT2D eigenvalue weighted by atomic mass is 10.4. The summed E-state index contributed by atoms with van der Waals surface area (Å²) in [5.74, 6) is 0. The minimum atomic E-state index is 0.381. The summed E-state index contributed by atoms with van der Waals surface area (Å²) in [4.78, 5) is 13.1. The monoisotopic (exact) mass is 237 g/mol. The van der Waals surface area contributed by atoms with E-state index in [-0.39, 0.29) is 0 Å². The number of aromatic nitrogens is 3. The van der Waals surface area contributed by atoms with Gasteiger partial charge in [-0.15, -0.1) is 0 Å². The number of hydrogen-bond acceptors (Lipinski definition) is 5. The number of hydrogen-bond donors (Lipinski definition) is 0. The first kappa shape index (κ1) is 8.82. The molecule has 0 saturated heterocycles. The molecule has 0 spiro atoms. The van der Waals surface area contributed by atoms with Crippen LogP contribution in [0, 0.1) is 0 Å². The summed E-state index contributed by atoms with van der Waals surface area (Å²) in [6, 6.07) is 1.85. The SMILES string of the molecule is Clc1ncnc2sc(-c3ccoc3)nc12. The molecule has 0 N–H and O–H groups in total. The van der Waals surface area contributed by atoms with Crippen LogP contribution in [0.15, 0.2) is 29.3 Å². The lowest BCUT2D eigenvalue weighted by Crippen LogP contribution is -1.79. The molecular formula is C9H4ClN3OS. The van der Waals surface area contributed by atoms with Gasteiger partial charge in [-0.2, -0.15) is 0 Å². The van der Waals surface area contributed by atoms with Gasteiger partial charge in [0, 0.05) is 5.56 Å². The molecule has 0 aliphatic heterocycles. The van der Waals surface area contributed by atoms with Gasteiger partial charge in [0.2, 0.25) is 0 Å². The molecular weight excluding hydrogens is 234 g/mol. The van der Waals surface area contributed by atoms with Crippen molar-refractivity contribution < 1.29 is 4.42 Å². The second-order valence-corrected chi connectivity index (χ2v) is 4.18. The molecule has 0 radical (unpaired) electrons. The van der Waals surface area contributed by atoms with Crippen LogP contribution in [0.2, 0.25) is 5.15 Å². The fourth-order valence-electron chi connectivity index (χ4n) is 1.24. The van der Waals surface area contributed by atoms with E-state index in [1.54, 1.807) is 12.5 Å². The Balaban J connectivity index is 2.27. The molecule has 3 aromatic rings. The lowest BCUT2D eigenvalue weighted by molar-refractivity contribution is 0.568. The van der Waals surface area contributed by atoms with Gasteiger partial charge in [-0.3, -0.25) is 0 Å². The molecule has 3 rings (SSSR count). The van der Waals surface area contributed by atoms with E-state index >= 15 is 0 Å². The Kier molecular flexibility index (Phi) is 1.93. The molecule has 0 saturated carbocycles. The number of nitrogens with zero attached hydrogens (tertiary/aromatic N) is 3. The second-order valence-electron chi connectivity index (χ2n) is 2.85. The summed E-state index contributed by atoms with van der Waals surface area (Å²) in [7, 11) is 0. The van der Waals surface area contributed by atoms with Crippen LogP contribution in [-0.2, 0) is 0 Å². The molecule has 0 unspecified atom stereocenters. The molecule has 0 fully saturated rings. The zero-order valence-electron chi connectivity index (χ0n) is 7.35. The predicted molar refractivity (Wildman–Crippen MR) is 57.9 cm³/mol. The second kappa shape index (κ2) is 3.29. The van der Waals surface area contributed by atoms with Gasteiger partial charge in [-0.05, 0) is 6.07 Å². The van der Waals surface area contributed by atoms with Crippen LogP contribution in [0.1, 0.15) is 0 Å². The minimum Gasteiger partial charge on any atom is -0.472 e. The van der Waals surface area contributed by atoms with Gasteiger partial charge in [0.1, 0.15) is 27.9 Å². The third-order valence-electron chi connectivity index (χ3n) is 1.92. The molecule has 0 bridgehead atoms. The van der Waals surface area contributed by atoms with E-state index in [0.29, 0.717) is 10.7 Å². The molecule has 0 aliphatic rings. The van der Waals surface area contributed by atoms with Crippen LogP contribution in [0.5, 0.6) is 0 Å². The fourth-order valence-corrected chi connectivity index (χ4v) is 2.36. The summed E-state index contributed by atoms with van der Waals surface area (Å²) >= 11 is 7.36. The van der Waals surface area contributed by atoms with Crippen LogP contribution < -0.4 is 0 Å². The van der Waals surface area contributed by atoms with Crippen molar-refractivity contribution in [3.8, 4) is 10.6 Å². The maximum absolute atomic E-state index is 5.90. The highest BCUT2D eigenvalue weighted by atomic mass is 35.5. The molecule has 15 heavy (non-hydrogen) atoms. The van der Waals surface area contributed by atoms with E-state index in [0.717, 1.165) is 15.4 Å². The number of fused-ring (bicyclic) bond motifs is 1. The third-order valence-corrected chi connectivity index (χ3v) is 3.21. The van der Waals surface area contributed by atoms with E-state index in [2.05, 4.69) is 15.0 Å². The fraction of sp³-hybridized carbons (Fsp3) is 0. The Morgan fingerprint density at radius 3 is 3.00 bits per heavy atom. The topological polar surface area (TPSA) is 51.8 Å². The van der Waals surface area contributed by atoms with Crippen molar-refractivity contribution in [3.05, 3.63) is 30.1 Å². The molecule has 3 heterocycles. The molecule has 0 atom stereocenters. The molecule has 0 aliphatic carbocycles. The van der Waals surface area contributed by atoms with Crippen molar-refractivity contribution in [3.63, 3.8) is 0 Å². The van der Waals surface area contributed by atoms with E-state index in [9.17, 15) is 0 Å². The highest BCUT2D eigenvalue weighted by Gasteiger charge is 2.10. The Hall–Kier alpha value is -1.46. The number of rotatable bonds is 1. The van der Waals surface area contributed by atoms with Gasteiger partial charge < -0.3 is 4.42 Å².